The van der Waals surface area contributed by atoms with Crippen molar-refractivity contribution in [1.29, 1.82) is 0 Å². The summed E-state index contributed by atoms with van der Waals surface area (Å²) in [7, 11) is 0. The first-order valence-corrected chi connectivity index (χ1v) is 7.87. The molecule has 2 fully saturated rings. The number of carbonyl (C=O) groups excluding carboxylic acids is 1. The molecule has 1 aliphatic carbocycles. The number of carbonyl (C=O) groups is 1. The minimum atomic E-state index is -0.352. The van der Waals surface area contributed by atoms with Crippen LogP contribution in [0.15, 0.2) is 0 Å². The smallest absolute Gasteiger partial charge is 0.227 e. The number of likely N-dealkylation sites (tertiary alicyclic amines) is 1. The van der Waals surface area contributed by atoms with Crippen LogP contribution in [0.3, 0.4) is 0 Å². The molecule has 1 atom stereocenters. The molecule has 3 N–H and O–H groups in total. The SMILES string of the molecule is CCC(CC)(CN)C(=O)NCC1CCN(C2CC2)C1. The Morgan fingerprint density at radius 1 is 1.32 bits per heavy atom. The molecule has 1 saturated heterocycles. The van der Waals surface area contributed by atoms with E-state index in [2.05, 4.69) is 24.1 Å². The van der Waals surface area contributed by atoms with Gasteiger partial charge in [-0.15, -0.1) is 0 Å². The highest BCUT2D eigenvalue weighted by Gasteiger charge is 2.36. The zero-order valence-electron chi connectivity index (χ0n) is 12.5. The quantitative estimate of drug-likeness (QED) is 0.732. The molecule has 1 unspecified atom stereocenters. The second-order valence-corrected chi connectivity index (χ2v) is 6.28. The first-order valence-electron chi connectivity index (χ1n) is 7.87. The molecule has 0 spiro atoms. The van der Waals surface area contributed by atoms with Crippen molar-refractivity contribution in [3.8, 4) is 0 Å². The van der Waals surface area contributed by atoms with E-state index in [9.17, 15) is 4.79 Å². The van der Waals surface area contributed by atoms with Gasteiger partial charge >= 0.3 is 0 Å². The number of nitrogens with zero attached hydrogens (tertiary/aromatic N) is 1. The molecule has 1 aliphatic heterocycles. The van der Waals surface area contributed by atoms with E-state index in [4.69, 9.17) is 5.73 Å². The summed E-state index contributed by atoms with van der Waals surface area (Å²) in [6.45, 7) is 7.77. The molecule has 2 aliphatic rings. The number of rotatable bonds is 7. The van der Waals surface area contributed by atoms with Crippen LogP contribution in [0.2, 0.25) is 0 Å². The number of nitrogens with one attached hydrogen (secondary N) is 1. The number of hydrogen-bond donors (Lipinski definition) is 2. The Labute approximate surface area is 117 Å². The number of nitrogens with two attached hydrogens (primary N) is 1. The molecular formula is C15H29N3O. The van der Waals surface area contributed by atoms with Crippen LogP contribution in [0.25, 0.3) is 0 Å². The van der Waals surface area contributed by atoms with Crippen LogP contribution in [0, 0.1) is 11.3 Å². The van der Waals surface area contributed by atoms with Gasteiger partial charge in [-0.3, -0.25) is 4.79 Å². The molecule has 0 bridgehead atoms. The molecule has 4 heteroatoms. The number of amides is 1. The second-order valence-electron chi connectivity index (χ2n) is 6.28. The highest BCUT2D eigenvalue weighted by atomic mass is 16.2. The minimum absolute atomic E-state index is 0.157. The monoisotopic (exact) mass is 267 g/mol. The van der Waals surface area contributed by atoms with Gasteiger partial charge in [0, 0.05) is 25.7 Å². The second kappa shape index (κ2) is 6.23. The van der Waals surface area contributed by atoms with Crippen LogP contribution in [0.5, 0.6) is 0 Å². The Morgan fingerprint density at radius 3 is 2.53 bits per heavy atom. The average molecular weight is 267 g/mol. The van der Waals surface area contributed by atoms with Gasteiger partial charge in [0.1, 0.15) is 0 Å². The lowest BCUT2D eigenvalue weighted by atomic mass is 9.81. The van der Waals surface area contributed by atoms with Crippen molar-refractivity contribution in [3.63, 3.8) is 0 Å². The first kappa shape index (κ1) is 14.8. The minimum Gasteiger partial charge on any atom is -0.355 e. The summed E-state index contributed by atoms with van der Waals surface area (Å²) in [6.07, 6.45) is 5.63. The van der Waals surface area contributed by atoms with Crippen molar-refractivity contribution in [2.45, 2.75) is 52.0 Å². The van der Waals surface area contributed by atoms with Gasteiger partial charge in [0.15, 0.2) is 0 Å². The topological polar surface area (TPSA) is 58.4 Å². The van der Waals surface area contributed by atoms with Gasteiger partial charge in [0.05, 0.1) is 5.41 Å². The van der Waals surface area contributed by atoms with E-state index >= 15 is 0 Å². The normalized spacial score (nSPS) is 24.7. The van der Waals surface area contributed by atoms with Gasteiger partial charge in [-0.05, 0) is 44.6 Å². The van der Waals surface area contributed by atoms with Gasteiger partial charge in [-0.25, -0.2) is 0 Å². The van der Waals surface area contributed by atoms with E-state index in [-0.39, 0.29) is 11.3 Å². The first-order chi connectivity index (χ1) is 9.15. The van der Waals surface area contributed by atoms with Gasteiger partial charge in [0.25, 0.3) is 0 Å². The maximum Gasteiger partial charge on any atom is 0.227 e. The lowest BCUT2D eigenvalue weighted by molar-refractivity contribution is -0.131. The highest BCUT2D eigenvalue weighted by molar-refractivity contribution is 5.82. The molecule has 0 aromatic carbocycles. The van der Waals surface area contributed by atoms with Crippen molar-refractivity contribution in [3.05, 3.63) is 0 Å². The van der Waals surface area contributed by atoms with Crippen LogP contribution < -0.4 is 11.1 Å². The van der Waals surface area contributed by atoms with Crippen molar-refractivity contribution in [1.82, 2.24) is 10.2 Å². The van der Waals surface area contributed by atoms with Crippen LogP contribution in [0.4, 0.5) is 0 Å². The van der Waals surface area contributed by atoms with E-state index in [0.717, 1.165) is 25.4 Å². The van der Waals surface area contributed by atoms with E-state index < -0.39 is 0 Å². The predicted molar refractivity (Wildman–Crippen MR) is 77.8 cm³/mol. The summed E-state index contributed by atoms with van der Waals surface area (Å²) in [6, 6.07) is 0.857. The molecule has 0 radical (unpaired) electrons. The molecule has 0 aromatic heterocycles. The van der Waals surface area contributed by atoms with Crippen LogP contribution in [0.1, 0.15) is 46.0 Å². The average Bonchev–Trinajstić information content (AvgIpc) is 3.18. The fourth-order valence-electron chi connectivity index (χ4n) is 3.18. The third kappa shape index (κ3) is 3.29. The van der Waals surface area contributed by atoms with Crippen molar-refractivity contribution in [2.75, 3.05) is 26.2 Å². The fourth-order valence-corrected chi connectivity index (χ4v) is 3.18. The van der Waals surface area contributed by atoms with Gasteiger partial charge in [-0.2, -0.15) is 0 Å². The van der Waals surface area contributed by atoms with E-state index in [0.29, 0.717) is 12.5 Å². The van der Waals surface area contributed by atoms with Crippen molar-refractivity contribution >= 4 is 5.91 Å². The lowest BCUT2D eigenvalue weighted by Gasteiger charge is -2.29. The maximum absolute atomic E-state index is 12.3. The summed E-state index contributed by atoms with van der Waals surface area (Å²) in [4.78, 5) is 14.9. The predicted octanol–water partition coefficient (Wildman–Crippen LogP) is 1.35. The maximum atomic E-state index is 12.3. The Bertz CT molecular complexity index is 302. The Balaban J connectivity index is 1.76. The Morgan fingerprint density at radius 2 is 2.00 bits per heavy atom. The summed E-state index contributed by atoms with van der Waals surface area (Å²) in [5, 5.41) is 3.15. The highest BCUT2D eigenvalue weighted by Crippen LogP contribution is 2.31. The van der Waals surface area contributed by atoms with E-state index in [1.54, 1.807) is 0 Å². The molecule has 0 aromatic rings. The Kier molecular flexibility index (Phi) is 4.85. The third-order valence-corrected chi connectivity index (χ3v) is 5.16. The zero-order valence-corrected chi connectivity index (χ0v) is 12.5. The molecule has 19 heavy (non-hydrogen) atoms. The summed E-state index contributed by atoms with van der Waals surface area (Å²) in [5.74, 6) is 0.790. The van der Waals surface area contributed by atoms with Crippen LogP contribution >= 0.6 is 0 Å². The van der Waals surface area contributed by atoms with Crippen LogP contribution in [-0.2, 0) is 4.79 Å². The number of hydrogen-bond acceptors (Lipinski definition) is 3. The van der Waals surface area contributed by atoms with Crippen LogP contribution in [-0.4, -0.2) is 43.0 Å². The van der Waals surface area contributed by atoms with Gasteiger partial charge < -0.3 is 16.0 Å². The molecular weight excluding hydrogens is 238 g/mol. The molecule has 2 rings (SSSR count). The molecule has 1 amide bonds. The summed E-state index contributed by atoms with van der Waals surface area (Å²) in [5.41, 5.74) is 5.46. The fraction of sp³-hybridized carbons (Fsp3) is 0.933. The molecule has 110 valence electrons. The Hall–Kier alpha value is -0.610. The largest absolute Gasteiger partial charge is 0.355 e. The van der Waals surface area contributed by atoms with E-state index in [1.807, 2.05) is 0 Å². The van der Waals surface area contributed by atoms with Gasteiger partial charge in [-0.1, -0.05) is 13.8 Å². The zero-order chi connectivity index (χ0) is 13.9. The molecule has 4 nitrogen and oxygen atoms in total. The molecule has 1 saturated carbocycles. The summed E-state index contributed by atoms with van der Waals surface area (Å²) >= 11 is 0. The van der Waals surface area contributed by atoms with E-state index in [1.165, 1.54) is 32.4 Å². The standard InChI is InChI=1S/C15H29N3O/c1-3-15(4-2,11-16)14(19)17-9-12-7-8-18(10-12)13-5-6-13/h12-13H,3-11,16H2,1-2H3,(H,17,19). The molecule has 1 heterocycles. The third-order valence-electron chi connectivity index (χ3n) is 5.16. The van der Waals surface area contributed by atoms with Crippen molar-refractivity contribution in [2.24, 2.45) is 17.1 Å². The summed E-state index contributed by atoms with van der Waals surface area (Å²) < 4.78 is 0. The van der Waals surface area contributed by atoms with Gasteiger partial charge in [0.2, 0.25) is 5.91 Å². The lowest BCUT2D eigenvalue weighted by Crippen LogP contribution is -2.46. The van der Waals surface area contributed by atoms with Crippen molar-refractivity contribution < 1.29 is 4.79 Å².